The Kier molecular flexibility index (Phi) is 5.92. The molecule has 1 aliphatic rings. The summed E-state index contributed by atoms with van der Waals surface area (Å²) in [4.78, 5) is 32.2. The summed E-state index contributed by atoms with van der Waals surface area (Å²) >= 11 is 12.2. The maximum atomic E-state index is 12.9. The summed E-state index contributed by atoms with van der Waals surface area (Å²) in [6.45, 7) is 0.358. The molecule has 9 nitrogen and oxygen atoms in total. The van der Waals surface area contributed by atoms with E-state index in [0.717, 1.165) is 0 Å². The lowest BCUT2D eigenvalue weighted by Gasteiger charge is -2.40. The van der Waals surface area contributed by atoms with E-state index in [1.54, 1.807) is 18.2 Å². The number of carboxylic acids is 1. The van der Waals surface area contributed by atoms with Crippen LogP contribution in [0.2, 0.25) is 10.0 Å². The van der Waals surface area contributed by atoms with Crippen molar-refractivity contribution >= 4 is 40.8 Å². The second-order valence-electron chi connectivity index (χ2n) is 6.85. The highest BCUT2D eigenvalue weighted by Gasteiger charge is 2.46. The number of halogens is 2. The number of ether oxygens (including phenoxy) is 1. The van der Waals surface area contributed by atoms with Crippen molar-refractivity contribution in [1.29, 1.82) is 0 Å². The van der Waals surface area contributed by atoms with Crippen LogP contribution < -0.4 is 10.6 Å². The molecular formula is C20H16Cl2N4O5. The van der Waals surface area contributed by atoms with Gasteiger partial charge in [-0.1, -0.05) is 23.2 Å². The summed E-state index contributed by atoms with van der Waals surface area (Å²) in [5.74, 6) is -0.852. The zero-order valence-electron chi connectivity index (χ0n) is 15.9. The number of oxazole rings is 1. The van der Waals surface area contributed by atoms with Gasteiger partial charge in [0.15, 0.2) is 5.76 Å². The Balaban J connectivity index is 1.46. The normalized spacial score (nSPS) is 14.6. The molecule has 11 heteroatoms. The van der Waals surface area contributed by atoms with Crippen LogP contribution in [0.5, 0.6) is 0 Å². The molecule has 0 unspecified atom stereocenters. The molecule has 0 aliphatic carbocycles. The van der Waals surface area contributed by atoms with Crippen LogP contribution in [0, 0.1) is 0 Å². The van der Waals surface area contributed by atoms with E-state index < -0.39 is 17.4 Å². The van der Waals surface area contributed by atoms with Crippen LogP contribution >= 0.6 is 23.2 Å². The van der Waals surface area contributed by atoms with Gasteiger partial charge in [-0.3, -0.25) is 15.1 Å². The Bertz CT molecular complexity index is 1150. The lowest BCUT2D eigenvalue weighted by Crippen LogP contribution is -2.67. The number of amides is 1. The van der Waals surface area contributed by atoms with Crippen LogP contribution in [0.4, 0.5) is 5.69 Å². The number of anilines is 1. The molecule has 0 radical (unpaired) electrons. The molecule has 31 heavy (non-hydrogen) atoms. The topological polar surface area (TPSA) is 127 Å². The van der Waals surface area contributed by atoms with Gasteiger partial charge in [-0.2, -0.15) is 0 Å². The Morgan fingerprint density at radius 3 is 2.71 bits per heavy atom. The van der Waals surface area contributed by atoms with Gasteiger partial charge in [0.25, 0.3) is 0 Å². The van der Waals surface area contributed by atoms with E-state index in [1.807, 2.05) is 0 Å². The molecule has 0 spiro atoms. The van der Waals surface area contributed by atoms with Gasteiger partial charge in [0.2, 0.25) is 11.8 Å². The summed E-state index contributed by atoms with van der Waals surface area (Å²) in [5, 5.41) is 16.0. The zero-order valence-corrected chi connectivity index (χ0v) is 17.4. The molecule has 1 aliphatic heterocycles. The number of carbonyl (C=O) groups is 2. The number of benzene rings is 1. The predicted octanol–water partition coefficient (Wildman–Crippen LogP) is 3.24. The fraction of sp³-hybridized carbons (Fsp3) is 0.200. The first kappa shape index (κ1) is 21.3. The number of pyridine rings is 1. The summed E-state index contributed by atoms with van der Waals surface area (Å²) in [6, 6.07) is 6.42. The lowest BCUT2D eigenvalue weighted by atomic mass is 9.95. The molecular weight excluding hydrogens is 447 g/mol. The van der Waals surface area contributed by atoms with Gasteiger partial charge in [-0.25, -0.2) is 9.78 Å². The monoisotopic (exact) mass is 462 g/mol. The second-order valence-corrected chi connectivity index (χ2v) is 7.70. The van der Waals surface area contributed by atoms with E-state index >= 15 is 0 Å². The third-order valence-electron chi connectivity index (χ3n) is 4.76. The fourth-order valence-corrected chi connectivity index (χ4v) is 3.37. The first-order valence-corrected chi connectivity index (χ1v) is 9.85. The number of hydrogen-bond donors (Lipinski definition) is 3. The molecule has 3 N–H and O–H groups in total. The van der Waals surface area contributed by atoms with Crippen molar-refractivity contribution in [2.75, 3.05) is 18.5 Å². The Morgan fingerprint density at radius 1 is 1.19 bits per heavy atom. The summed E-state index contributed by atoms with van der Waals surface area (Å²) in [7, 11) is 0. The quantitative estimate of drug-likeness (QED) is 0.488. The minimum atomic E-state index is -1.19. The molecule has 0 bridgehead atoms. The van der Waals surface area contributed by atoms with Gasteiger partial charge >= 0.3 is 5.97 Å². The van der Waals surface area contributed by atoms with E-state index in [0.29, 0.717) is 27.3 Å². The molecule has 3 aromatic rings. The maximum absolute atomic E-state index is 12.9. The van der Waals surface area contributed by atoms with Crippen molar-refractivity contribution in [3.05, 3.63) is 64.4 Å². The maximum Gasteiger partial charge on any atom is 0.339 e. The third kappa shape index (κ3) is 4.40. The molecule has 1 saturated heterocycles. The molecule has 2 aromatic heterocycles. The fourth-order valence-electron chi connectivity index (χ4n) is 2.98. The van der Waals surface area contributed by atoms with Crippen molar-refractivity contribution in [2.45, 2.75) is 12.1 Å². The number of aromatic nitrogens is 2. The van der Waals surface area contributed by atoms with Gasteiger partial charge in [0.1, 0.15) is 11.1 Å². The minimum absolute atomic E-state index is 0.109. The summed E-state index contributed by atoms with van der Waals surface area (Å²) in [5.41, 5.74) is -0.413. The minimum Gasteiger partial charge on any atom is -0.478 e. The van der Waals surface area contributed by atoms with Crippen LogP contribution in [-0.2, 0) is 16.1 Å². The molecule has 3 heterocycles. The third-order valence-corrected chi connectivity index (χ3v) is 5.32. The molecule has 0 saturated carbocycles. The molecule has 1 aromatic carbocycles. The number of nitrogens with one attached hydrogen (secondary N) is 2. The van der Waals surface area contributed by atoms with Gasteiger partial charge in [0, 0.05) is 23.0 Å². The summed E-state index contributed by atoms with van der Waals surface area (Å²) in [6.07, 6.45) is 4.09. The van der Waals surface area contributed by atoms with Crippen molar-refractivity contribution in [1.82, 2.24) is 15.3 Å². The molecule has 1 fully saturated rings. The van der Waals surface area contributed by atoms with Gasteiger partial charge in [-0.15, -0.1) is 0 Å². The largest absolute Gasteiger partial charge is 0.478 e. The SMILES string of the molecule is O=C(O)c1cnccc1NC(=O)C1(NCc2ncc(-c3cc(Cl)ccc3Cl)o2)COC1. The van der Waals surface area contributed by atoms with Gasteiger partial charge in [-0.05, 0) is 24.3 Å². The molecule has 0 atom stereocenters. The highest BCUT2D eigenvalue weighted by Crippen LogP contribution is 2.31. The number of carbonyl (C=O) groups excluding carboxylic acids is 1. The Labute approximate surface area is 186 Å². The lowest BCUT2D eigenvalue weighted by molar-refractivity contribution is -0.143. The van der Waals surface area contributed by atoms with Crippen molar-refractivity contribution in [3.8, 4) is 11.3 Å². The molecule has 4 rings (SSSR count). The molecule has 1 amide bonds. The number of nitrogens with zero attached hydrogens (tertiary/aromatic N) is 2. The van der Waals surface area contributed by atoms with E-state index in [1.165, 1.54) is 24.7 Å². The highest BCUT2D eigenvalue weighted by molar-refractivity contribution is 6.35. The van der Waals surface area contributed by atoms with Gasteiger partial charge < -0.3 is 19.6 Å². The van der Waals surface area contributed by atoms with Crippen LogP contribution in [-0.4, -0.2) is 45.7 Å². The van der Waals surface area contributed by atoms with Gasteiger partial charge in [0.05, 0.1) is 36.7 Å². The van der Waals surface area contributed by atoms with Crippen LogP contribution in [0.3, 0.4) is 0 Å². The first-order chi connectivity index (χ1) is 14.9. The van der Waals surface area contributed by atoms with E-state index in [2.05, 4.69) is 20.6 Å². The number of aromatic carboxylic acids is 1. The molecule has 160 valence electrons. The van der Waals surface area contributed by atoms with Crippen LogP contribution in [0.25, 0.3) is 11.3 Å². The van der Waals surface area contributed by atoms with E-state index in [-0.39, 0.29) is 31.0 Å². The summed E-state index contributed by atoms with van der Waals surface area (Å²) < 4.78 is 11.0. The highest BCUT2D eigenvalue weighted by atomic mass is 35.5. The van der Waals surface area contributed by atoms with Crippen molar-refractivity contribution < 1.29 is 23.8 Å². The van der Waals surface area contributed by atoms with E-state index in [4.69, 9.17) is 32.4 Å². The number of carboxylic acid groups (broad SMARTS) is 1. The number of rotatable bonds is 7. The first-order valence-electron chi connectivity index (χ1n) is 9.10. The van der Waals surface area contributed by atoms with Crippen LogP contribution in [0.1, 0.15) is 16.2 Å². The Morgan fingerprint density at radius 2 is 2.00 bits per heavy atom. The van der Waals surface area contributed by atoms with E-state index in [9.17, 15) is 14.7 Å². The zero-order chi connectivity index (χ0) is 22.0. The predicted molar refractivity (Wildman–Crippen MR) is 112 cm³/mol. The second kappa shape index (κ2) is 8.64. The smallest absolute Gasteiger partial charge is 0.339 e. The number of hydrogen-bond acceptors (Lipinski definition) is 7. The van der Waals surface area contributed by atoms with Crippen molar-refractivity contribution in [2.24, 2.45) is 0 Å². The standard InChI is InChI=1S/C20H16Cl2N4O5/c21-11-1-2-14(22)12(5-11)16-7-24-17(31-16)8-25-20(9-30-10-20)19(29)26-15-3-4-23-6-13(15)18(27)28/h1-7,25H,8-10H2,(H,27,28)(H,23,26,29). The Hall–Kier alpha value is -2.98. The van der Waals surface area contributed by atoms with Crippen molar-refractivity contribution in [3.63, 3.8) is 0 Å². The average Bonchev–Trinajstić information content (AvgIpc) is 3.18. The van der Waals surface area contributed by atoms with Crippen LogP contribution in [0.15, 0.2) is 47.3 Å². The average molecular weight is 463 g/mol.